The fraction of sp³-hybridized carbons (Fsp3) is 0.778. The van der Waals surface area contributed by atoms with Gasteiger partial charge in [0, 0.05) is 138 Å². The molecule has 2 rings (SSSR count). The molecule has 0 N–H and O–H groups in total. The van der Waals surface area contributed by atoms with Crippen LogP contribution in [0.4, 0.5) is 0 Å². The minimum absolute atomic E-state index is 0.589. The fourth-order valence-electron chi connectivity index (χ4n) is 8.84. The molecule has 0 bridgehead atoms. The summed E-state index contributed by atoms with van der Waals surface area (Å²) in [6.45, 7) is 31.6. The monoisotopic (exact) mass is 1440 g/mol. The van der Waals surface area contributed by atoms with Gasteiger partial charge in [0.05, 0.1) is 0 Å². The number of rotatable bonds is 59. The molecule has 2 aromatic rings. The van der Waals surface area contributed by atoms with E-state index in [-0.39, 0.29) is 0 Å². The van der Waals surface area contributed by atoms with Crippen molar-refractivity contribution in [1.29, 1.82) is 0 Å². The first-order valence-corrected chi connectivity index (χ1v) is 52.8. The van der Waals surface area contributed by atoms with E-state index in [2.05, 4.69) is 36.4 Å². The van der Waals surface area contributed by atoms with Crippen LogP contribution in [0, 0.1) is 0 Å². The van der Waals surface area contributed by atoms with Gasteiger partial charge in [-0.15, -0.1) is 0 Å². The molecule has 0 spiro atoms. The zero-order valence-electron chi connectivity index (χ0n) is 51.5. The molecular formula is C54H102O12S12Si4. The van der Waals surface area contributed by atoms with Crippen LogP contribution in [0.2, 0.25) is 24.2 Å². The summed E-state index contributed by atoms with van der Waals surface area (Å²) in [5.41, 5.74) is 8.40. The Kier molecular flexibility index (Phi) is 51.9. The van der Waals surface area contributed by atoms with E-state index in [0.717, 1.165) is 110 Å². The van der Waals surface area contributed by atoms with E-state index in [1.165, 1.54) is 33.4 Å². The van der Waals surface area contributed by atoms with Crippen molar-refractivity contribution < 1.29 is 53.1 Å². The average Bonchev–Trinajstić information content (AvgIpc) is 3.45. The van der Waals surface area contributed by atoms with Gasteiger partial charge in [0.15, 0.2) is 0 Å². The molecule has 12 nitrogen and oxygen atoms in total. The van der Waals surface area contributed by atoms with Crippen LogP contribution in [0.5, 0.6) is 0 Å². The zero-order valence-corrected chi connectivity index (χ0v) is 65.3. The van der Waals surface area contributed by atoms with Crippen molar-refractivity contribution in [2.24, 2.45) is 0 Å². The maximum atomic E-state index is 6.26. The van der Waals surface area contributed by atoms with Crippen molar-refractivity contribution in [3.05, 3.63) is 69.8 Å². The van der Waals surface area contributed by atoms with Crippen molar-refractivity contribution in [2.75, 3.05) is 114 Å². The lowest BCUT2D eigenvalue weighted by Gasteiger charge is -2.28. The molecule has 0 saturated carbocycles. The topological polar surface area (TPSA) is 111 Å². The number of aryl methyl sites for hydroxylation is 6. The molecule has 82 heavy (non-hydrogen) atoms. The Morgan fingerprint density at radius 2 is 0.488 bits per heavy atom. The van der Waals surface area contributed by atoms with Crippen molar-refractivity contribution in [3.8, 4) is 0 Å². The predicted molar refractivity (Wildman–Crippen MR) is 386 cm³/mol. The minimum Gasteiger partial charge on any atom is -0.374 e. The van der Waals surface area contributed by atoms with Gasteiger partial charge in [-0.3, -0.25) is 0 Å². The Hall–Kier alpha value is 3.03. The molecule has 28 heteroatoms. The predicted octanol–water partition coefficient (Wildman–Crippen LogP) is 18.6. The minimum atomic E-state index is -2.77. The Labute approximate surface area is 548 Å². The molecule has 0 unspecified atom stereocenters. The molecule has 0 amide bonds. The highest BCUT2D eigenvalue weighted by molar-refractivity contribution is 9.27. The van der Waals surface area contributed by atoms with Crippen LogP contribution in [0.15, 0.2) is 36.4 Å². The lowest BCUT2D eigenvalue weighted by Crippen LogP contribution is -2.46. The van der Waals surface area contributed by atoms with Gasteiger partial charge in [-0.25, -0.2) is 0 Å². The van der Waals surface area contributed by atoms with Gasteiger partial charge in [-0.2, -0.15) is 0 Å². The Balaban J connectivity index is 1.99. The van der Waals surface area contributed by atoms with Crippen molar-refractivity contribution in [3.63, 3.8) is 0 Å². The second-order valence-corrected chi connectivity index (χ2v) is 47.3. The van der Waals surface area contributed by atoms with Crippen molar-refractivity contribution in [1.82, 2.24) is 0 Å². The van der Waals surface area contributed by atoms with Gasteiger partial charge in [0.2, 0.25) is 0 Å². The van der Waals surface area contributed by atoms with Crippen molar-refractivity contribution >= 4 is 159 Å². The molecule has 0 aliphatic heterocycles. The van der Waals surface area contributed by atoms with Crippen LogP contribution in [-0.2, 0) is 91.6 Å². The van der Waals surface area contributed by atoms with Crippen LogP contribution in [0.1, 0.15) is 129 Å². The number of benzene rings is 2. The standard InChI is InChI=1S/C54H102O12S12Si4/c1-13-55-79(56-14-2,57-15-3)43-25-37-67-73-77-71-41-33-53-47-49(27-29-51(53)35-45-81(61-19-7,62-20-8)63-21-9)31-39-69-75-76-70-40-32-50-28-30-52(36-46-82(64-22-10,65-23-11)66-24-12)54(48-50)34-42-72-78-74-68-38-26-44-80(58-16-4,59-17-5)60-18-6/h27-30,47-48H,13-26,31-46H2,1-12H3. The largest absolute Gasteiger partial charge is 0.501 e. The third-order valence-corrected chi connectivity index (χ3v) is 43.9. The highest BCUT2D eigenvalue weighted by Crippen LogP contribution is 2.46. The summed E-state index contributed by atoms with van der Waals surface area (Å²) in [6.07, 6.45) is 7.89. The van der Waals surface area contributed by atoms with E-state index < -0.39 is 35.2 Å². The van der Waals surface area contributed by atoms with Gasteiger partial charge in [-0.05, 0) is 227 Å². The molecule has 0 radical (unpaired) electrons. The average molecular weight is 1440 g/mol. The molecule has 0 heterocycles. The third kappa shape index (κ3) is 35.2. The van der Waals surface area contributed by atoms with E-state index in [1.807, 2.05) is 207 Å². The first kappa shape index (κ1) is 81.1. The van der Waals surface area contributed by atoms with Gasteiger partial charge in [-0.1, -0.05) is 101 Å². The molecule has 0 fully saturated rings. The molecule has 0 saturated heterocycles. The second-order valence-electron chi connectivity index (χ2n) is 17.7. The SMILES string of the molecule is CCO[Si](CCCSSSSCCc1cc(CCSSSSCCc2ccc(CC[Si](OCC)(OCC)OCC)c(CCSSSSCCC[Si](OCC)(OCC)OCC)c2)ccc1CC[Si](OCC)(OCC)OCC)(OCC)OCC. The molecule has 0 aromatic heterocycles. The first-order valence-electron chi connectivity index (χ1n) is 29.6. The smallest absolute Gasteiger partial charge is 0.374 e. The van der Waals surface area contributed by atoms with Crippen LogP contribution in [0.3, 0.4) is 0 Å². The first-order chi connectivity index (χ1) is 40.0. The fourth-order valence-corrected chi connectivity index (χ4v) is 37.9. The molecule has 0 aliphatic carbocycles. The zero-order chi connectivity index (χ0) is 59.9. The Morgan fingerprint density at radius 3 is 0.744 bits per heavy atom. The van der Waals surface area contributed by atoms with E-state index in [1.54, 1.807) is 0 Å². The summed E-state index contributed by atoms with van der Waals surface area (Å²) in [7, 11) is 12.2. The van der Waals surface area contributed by atoms with E-state index in [4.69, 9.17) is 53.1 Å². The van der Waals surface area contributed by atoms with Crippen LogP contribution in [0.25, 0.3) is 0 Å². The lowest BCUT2D eigenvalue weighted by atomic mass is 9.99. The third-order valence-electron chi connectivity index (χ3n) is 12.0. The quantitative estimate of drug-likeness (QED) is 0.0355. The molecule has 0 aliphatic rings. The van der Waals surface area contributed by atoms with Gasteiger partial charge < -0.3 is 53.1 Å². The Morgan fingerprint density at radius 1 is 0.256 bits per heavy atom. The maximum absolute atomic E-state index is 6.26. The molecule has 2 aromatic carbocycles. The van der Waals surface area contributed by atoms with Crippen LogP contribution >= 0.6 is 124 Å². The van der Waals surface area contributed by atoms with Gasteiger partial charge in [0.25, 0.3) is 0 Å². The Bertz CT molecular complexity index is 1660. The van der Waals surface area contributed by atoms with E-state index in [9.17, 15) is 0 Å². The number of hydrogen-bond acceptors (Lipinski definition) is 24. The highest BCUT2D eigenvalue weighted by Gasteiger charge is 2.42. The summed E-state index contributed by atoms with van der Waals surface area (Å²) in [5.74, 6) is 6.28. The van der Waals surface area contributed by atoms with Crippen molar-refractivity contribution in [2.45, 2.75) is 159 Å². The second kappa shape index (κ2) is 52.5. The van der Waals surface area contributed by atoms with E-state index >= 15 is 0 Å². The van der Waals surface area contributed by atoms with E-state index in [0.29, 0.717) is 79.3 Å². The molecule has 478 valence electrons. The molecular weight excluding hydrogens is 1340 g/mol. The molecule has 0 atom stereocenters. The summed E-state index contributed by atoms with van der Waals surface area (Å²) >= 11 is 0. The normalized spacial score (nSPS) is 12.6. The summed E-state index contributed by atoms with van der Waals surface area (Å²) in [5, 5.41) is 0. The highest BCUT2D eigenvalue weighted by atomic mass is 33.7. The summed E-state index contributed by atoms with van der Waals surface area (Å²) in [4.78, 5) is 0. The number of hydrogen-bond donors (Lipinski definition) is 0. The maximum Gasteiger partial charge on any atom is 0.501 e. The lowest BCUT2D eigenvalue weighted by molar-refractivity contribution is 0.0704. The van der Waals surface area contributed by atoms with Crippen LogP contribution in [-0.4, -0.2) is 149 Å². The summed E-state index contributed by atoms with van der Waals surface area (Å²) < 4.78 is 73.9. The van der Waals surface area contributed by atoms with Crippen LogP contribution < -0.4 is 0 Å². The van der Waals surface area contributed by atoms with Gasteiger partial charge >= 0.3 is 35.2 Å². The van der Waals surface area contributed by atoms with Gasteiger partial charge in [0.1, 0.15) is 0 Å². The summed E-state index contributed by atoms with van der Waals surface area (Å²) in [6, 6.07) is 17.6.